The molecule has 0 saturated heterocycles. The molecule has 1 amide bonds. The van der Waals surface area contributed by atoms with Crippen LogP contribution in [0.25, 0.3) is 0 Å². The number of nitrogens with one attached hydrogen (secondary N) is 1. The fraction of sp³-hybridized carbons (Fsp3) is 0.923. The van der Waals surface area contributed by atoms with E-state index in [1.807, 2.05) is 14.1 Å². The molecule has 1 aliphatic rings. The second-order valence-corrected chi connectivity index (χ2v) is 5.83. The lowest BCUT2D eigenvalue weighted by atomic mass is 9.79. The summed E-state index contributed by atoms with van der Waals surface area (Å²) in [6.07, 6.45) is 2.88. The first kappa shape index (κ1) is 14.5. The van der Waals surface area contributed by atoms with Crippen LogP contribution in [0.2, 0.25) is 0 Å². The summed E-state index contributed by atoms with van der Waals surface area (Å²) in [6.45, 7) is 5.00. The van der Waals surface area contributed by atoms with E-state index in [9.17, 15) is 4.79 Å². The molecule has 0 spiro atoms. The molecule has 4 nitrogen and oxygen atoms in total. The van der Waals surface area contributed by atoms with E-state index in [1.165, 1.54) is 0 Å². The van der Waals surface area contributed by atoms with Gasteiger partial charge in [0, 0.05) is 24.5 Å². The molecule has 0 bridgehead atoms. The molecule has 0 aliphatic heterocycles. The Morgan fingerprint density at radius 3 is 2.59 bits per heavy atom. The minimum Gasteiger partial charge on any atom is -0.354 e. The Bertz CT molecular complexity index is 245. The topological polar surface area (TPSA) is 58.4 Å². The maximum Gasteiger partial charge on any atom is 0.223 e. The largest absolute Gasteiger partial charge is 0.354 e. The van der Waals surface area contributed by atoms with Crippen molar-refractivity contribution in [3.05, 3.63) is 0 Å². The molecule has 0 heterocycles. The van der Waals surface area contributed by atoms with Crippen molar-refractivity contribution in [2.45, 2.75) is 45.2 Å². The van der Waals surface area contributed by atoms with Crippen molar-refractivity contribution in [1.29, 1.82) is 0 Å². The number of hydrogen-bond acceptors (Lipinski definition) is 3. The zero-order valence-corrected chi connectivity index (χ0v) is 11.6. The summed E-state index contributed by atoms with van der Waals surface area (Å²) in [5, 5.41) is 3.04. The molecule has 4 atom stereocenters. The van der Waals surface area contributed by atoms with Crippen molar-refractivity contribution in [2.75, 3.05) is 20.6 Å². The second kappa shape index (κ2) is 6.36. The van der Waals surface area contributed by atoms with Crippen molar-refractivity contribution in [3.63, 3.8) is 0 Å². The van der Waals surface area contributed by atoms with E-state index >= 15 is 0 Å². The third-order valence-corrected chi connectivity index (χ3v) is 3.80. The maximum absolute atomic E-state index is 12.0. The van der Waals surface area contributed by atoms with Gasteiger partial charge in [-0.25, -0.2) is 0 Å². The van der Waals surface area contributed by atoms with Crippen LogP contribution in [-0.2, 0) is 4.79 Å². The lowest BCUT2D eigenvalue weighted by Crippen LogP contribution is -2.44. The number of nitrogens with two attached hydrogens (primary N) is 1. The van der Waals surface area contributed by atoms with Gasteiger partial charge in [-0.3, -0.25) is 4.79 Å². The smallest absolute Gasteiger partial charge is 0.223 e. The number of hydrogen-bond donors (Lipinski definition) is 2. The minimum absolute atomic E-state index is 0.114. The Hall–Kier alpha value is -0.610. The molecule has 1 fully saturated rings. The number of carbonyl (C=O) groups is 1. The van der Waals surface area contributed by atoms with Gasteiger partial charge in [-0.05, 0) is 46.2 Å². The molecule has 0 aromatic carbocycles. The summed E-state index contributed by atoms with van der Waals surface area (Å²) in [5.41, 5.74) is 5.97. The highest BCUT2D eigenvalue weighted by Gasteiger charge is 2.29. The Morgan fingerprint density at radius 2 is 2.06 bits per heavy atom. The molecule has 1 rings (SSSR count). The van der Waals surface area contributed by atoms with Gasteiger partial charge in [-0.1, -0.05) is 6.92 Å². The van der Waals surface area contributed by atoms with Gasteiger partial charge in [0.1, 0.15) is 0 Å². The standard InChI is InChI=1S/C13H27N3O/c1-9-5-11(7-12(14)6-9)13(17)15-8-10(2)16(3)4/h9-12H,5-8,14H2,1-4H3,(H,15,17). The van der Waals surface area contributed by atoms with Crippen LogP contribution in [0.1, 0.15) is 33.1 Å². The highest BCUT2D eigenvalue weighted by molar-refractivity contribution is 5.78. The van der Waals surface area contributed by atoms with Crippen LogP contribution in [0, 0.1) is 11.8 Å². The fourth-order valence-electron chi connectivity index (χ4n) is 2.45. The van der Waals surface area contributed by atoms with E-state index in [-0.39, 0.29) is 17.9 Å². The van der Waals surface area contributed by atoms with Crippen LogP contribution >= 0.6 is 0 Å². The summed E-state index contributed by atoms with van der Waals surface area (Å²) < 4.78 is 0. The van der Waals surface area contributed by atoms with Gasteiger partial charge < -0.3 is 16.0 Å². The first-order chi connectivity index (χ1) is 7.90. The third kappa shape index (κ3) is 4.64. The second-order valence-electron chi connectivity index (χ2n) is 5.83. The Labute approximate surface area is 105 Å². The average Bonchev–Trinajstić information content (AvgIpc) is 2.23. The van der Waals surface area contributed by atoms with Gasteiger partial charge in [0.05, 0.1) is 0 Å². The number of nitrogens with zero attached hydrogens (tertiary/aromatic N) is 1. The Balaban J connectivity index is 2.37. The Kier molecular flexibility index (Phi) is 5.40. The van der Waals surface area contributed by atoms with Crippen LogP contribution in [0.4, 0.5) is 0 Å². The highest BCUT2D eigenvalue weighted by atomic mass is 16.1. The normalized spacial score (nSPS) is 31.3. The van der Waals surface area contributed by atoms with Gasteiger partial charge in [-0.15, -0.1) is 0 Å². The number of likely N-dealkylation sites (N-methyl/N-ethyl adjacent to an activating group) is 1. The van der Waals surface area contributed by atoms with Crippen molar-refractivity contribution in [3.8, 4) is 0 Å². The van der Waals surface area contributed by atoms with Gasteiger partial charge in [0.2, 0.25) is 5.91 Å². The summed E-state index contributed by atoms with van der Waals surface area (Å²) in [4.78, 5) is 14.1. The van der Waals surface area contributed by atoms with E-state index in [1.54, 1.807) is 0 Å². The first-order valence-electron chi connectivity index (χ1n) is 6.59. The maximum atomic E-state index is 12.0. The summed E-state index contributed by atoms with van der Waals surface area (Å²) >= 11 is 0. The summed E-state index contributed by atoms with van der Waals surface area (Å²) in [6, 6.07) is 0.564. The molecule has 1 saturated carbocycles. The van der Waals surface area contributed by atoms with E-state index < -0.39 is 0 Å². The molecule has 3 N–H and O–H groups in total. The lowest BCUT2D eigenvalue weighted by Gasteiger charge is -2.31. The molecule has 0 radical (unpaired) electrons. The van der Waals surface area contributed by atoms with Crippen molar-refractivity contribution >= 4 is 5.91 Å². The van der Waals surface area contributed by atoms with Gasteiger partial charge in [-0.2, -0.15) is 0 Å². The lowest BCUT2D eigenvalue weighted by molar-refractivity contribution is -0.126. The highest BCUT2D eigenvalue weighted by Crippen LogP contribution is 2.28. The molecule has 4 unspecified atom stereocenters. The van der Waals surface area contributed by atoms with Crippen LogP contribution in [0.3, 0.4) is 0 Å². The van der Waals surface area contributed by atoms with Gasteiger partial charge in [0.15, 0.2) is 0 Å². The average molecular weight is 241 g/mol. The molecule has 0 aromatic rings. The number of rotatable bonds is 4. The predicted octanol–water partition coefficient (Wildman–Crippen LogP) is 0.816. The van der Waals surface area contributed by atoms with E-state index in [0.29, 0.717) is 18.5 Å². The minimum atomic E-state index is 0.114. The molecule has 0 aromatic heterocycles. The summed E-state index contributed by atoms with van der Waals surface area (Å²) in [5.74, 6) is 0.865. The third-order valence-electron chi connectivity index (χ3n) is 3.80. The van der Waals surface area contributed by atoms with E-state index in [0.717, 1.165) is 19.3 Å². The molecule has 1 aliphatic carbocycles. The molecule has 4 heteroatoms. The number of carbonyl (C=O) groups excluding carboxylic acids is 1. The SMILES string of the molecule is CC1CC(N)CC(C(=O)NCC(C)N(C)C)C1. The first-order valence-corrected chi connectivity index (χ1v) is 6.59. The van der Waals surface area contributed by atoms with Crippen molar-refractivity contribution in [2.24, 2.45) is 17.6 Å². The van der Waals surface area contributed by atoms with Crippen molar-refractivity contribution in [1.82, 2.24) is 10.2 Å². The van der Waals surface area contributed by atoms with Gasteiger partial charge in [0.25, 0.3) is 0 Å². The van der Waals surface area contributed by atoms with Crippen LogP contribution in [0.15, 0.2) is 0 Å². The predicted molar refractivity (Wildman–Crippen MR) is 70.6 cm³/mol. The van der Waals surface area contributed by atoms with E-state index in [4.69, 9.17) is 5.73 Å². The van der Waals surface area contributed by atoms with E-state index in [2.05, 4.69) is 24.1 Å². The van der Waals surface area contributed by atoms with Crippen LogP contribution in [0.5, 0.6) is 0 Å². The molecule has 17 heavy (non-hydrogen) atoms. The molecule has 100 valence electrons. The molecular weight excluding hydrogens is 214 g/mol. The fourth-order valence-corrected chi connectivity index (χ4v) is 2.45. The quantitative estimate of drug-likeness (QED) is 0.766. The molecular formula is C13H27N3O. The van der Waals surface area contributed by atoms with Crippen molar-refractivity contribution < 1.29 is 4.79 Å². The van der Waals surface area contributed by atoms with Crippen LogP contribution in [-0.4, -0.2) is 43.5 Å². The van der Waals surface area contributed by atoms with Gasteiger partial charge >= 0.3 is 0 Å². The monoisotopic (exact) mass is 241 g/mol. The Morgan fingerprint density at radius 1 is 1.41 bits per heavy atom. The summed E-state index contributed by atoms with van der Waals surface area (Å²) in [7, 11) is 4.05. The zero-order valence-electron chi connectivity index (χ0n) is 11.6. The number of amides is 1. The van der Waals surface area contributed by atoms with Crippen LogP contribution < -0.4 is 11.1 Å². The zero-order chi connectivity index (χ0) is 13.0.